The summed E-state index contributed by atoms with van der Waals surface area (Å²) in [5.74, 6) is 0. The molecule has 1 atom stereocenters. The minimum Gasteiger partial charge on any atom is -0.444 e. The first-order valence-electron chi connectivity index (χ1n) is 7.93. The molecule has 1 amide bonds. The molecule has 1 aliphatic rings. The van der Waals surface area contributed by atoms with Crippen molar-refractivity contribution in [3.63, 3.8) is 0 Å². The number of hydrogen-bond acceptors (Lipinski definition) is 5. The lowest BCUT2D eigenvalue weighted by atomic mass is 10.2. The van der Waals surface area contributed by atoms with Crippen LogP contribution in [0.4, 0.5) is 10.8 Å². The summed E-state index contributed by atoms with van der Waals surface area (Å²) >= 11 is 0. The van der Waals surface area contributed by atoms with Gasteiger partial charge in [-0.25, -0.2) is 4.79 Å². The van der Waals surface area contributed by atoms with Gasteiger partial charge in [-0.1, -0.05) is 12.1 Å². The normalized spacial score (nSPS) is 19.2. The van der Waals surface area contributed by atoms with Crippen LogP contribution in [0.15, 0.2) is 28.7 Å². The Balaban J connectivity index is 1.70. The molecule has 6 nitrogen and oxygen atoms in total. The number of ether oxygens (including phenoxy) is 1. The number of hydrogen-bond donors (Lipinski definition) is 0. The largest absolute Gasteiger partial charge is 0.444 e. The number of rotatable bonds is 1. The van der Waals surface area contributed by atoms with Crippen molar-refractivity contribution in [2.24, 2.45) is 0 Å². The first-order valence-corrected chi connectivity index (χ1v) is 7.93. The highest BCUT2D eigenvalue weighted by atomic mass is 16.6. The van der Waals surface area contributed by atoms with Gasteiger partial charge in [0.05, 0.1) is 0 Å². The van der Waals surface area contributed by atoms with E-state index in [1.165, 1.54) is 0 Å². The molecular formula is C17H23N3O3. The summed E-state index contributed by atoms with van der Waals surface area (Å²) in [5, 5.41) is 0. The van der Waals surface area contributed by atoms with E-state index in [2.05, 4.69) is 16.8 Å². The van der Waals surface area contributed by atoms with Crippen LogP contribution in [0.25, 0.3) is 11.1 Å². The van der Waals surface area contributed by atoms with Crippen LogP contribution in [-0.2, 0) is 4.74 Å². The molecule has 2 aromatic rings. The molecule has 0 bridgehead atoms. The zero-order chi connectivity index (χ0) is 16.6. The van der Waals surface area contributed by atoms with Crippen LogP contribution in [-0.4, -0.2) is 47.3 Å². The number of para-hydroxylation sites is 2. The van der Waals surface area contributed by atoms with Gasteiger partial charge in [0.2, 0.25) is 0 Å². The maximum atomic E-state index is 12.2. The van der Waals surface area contributed by atoms with Crippen LogP contribution >= 0.6 is 0 Å². The molecule has 0 spiro atoms. The van der Waals surface area contributed by atoms with E-state index in [-0.39, 0.29) is 12.1 Å². The van der Waals surface area contributed by atoms with E-state index in [1.54, 1.807) is 4.90 Å². The smallest absolute Gasteiger partial charge is 0.410 e. The predicted octanol–water partition coefficient (Wildman–Crippen LogP) is 3.27. The van der Waals surface area contributed by atoms with Crippen LogP contribution in [0.1, 0.15) is 27.7 Å². The molecule has 3 rings (SSSR count). The van der Waals surface area contributed by atoms with Crippen molar-refractivity contribution in [1.82, 2.24) is 9.88 Å². The van der Waals surface area contributed by atoms with Crippen molar-refractivity contribution in [3.8, 4) is 0 Å². The highest BCUT2D eigenvalue weighted by Crippen LogP contribution is 2.25. The van der Waals surface area contributed by atoms with Gasteiger partial charge in [0.25, 0.3) is 6.01 Å². The van der Waals surface area contributed by atoms with Crippen LogP contribution in [0.3, 0.4) is 0 Å². The molecule has 0 N–H and O–H groups in total. The first-order chi connectivity index (χ1) is 10.8. The third-order valence-corrected chi connectivity index (χ3v) is 3.81. The molecule has 1 aromatic heterocycles. The topological polar surface area (TPSA) is 58.8 Å². The van der Waals surface area contributed by atoms with Crippen molar-refractivity contribution in [3.05, 3.63) is 24.3 Å². The molecule has 0 aliphatic carbocycles. The molecule has 1 unspecified atom stereocenters. The number of nitrogens with zero attached hydrogens (tertiary/aromatic N) is 3. The Hall–Kier alpha value is -2.24. The third kappa shape index (κ3) is 3.41. The number of carbonyl (C=O) groups is 1. The second-order valence-electron chi connectivity index (χ2n) is 6.93. The van der Waals surface area contributed by atoms with Crippen molar-refractivity contribution in [1.29, 1.82) is 0 Å². The van der Waals surface area contributed by atoms with E-state index in [0.29, 0.717) is 25.6 Å². The Morgan fingerprint density at radius 2 is 2.04 bits per heavy atom. The van der Waals surface area contributed by atoms with E-state index in [9.17, 15) is 4.79 Å². The number of aromatic nitrogens is 1. The molecule has 0 saturated carbocycles. The number of oxazole rings is 1. The van der Waals surface area contributed by atoms with Gasteiger partial charge in [-0.05, 0) is 39.8 Å². The molecule has 1 fully saturated rings. The number of fused-ring (bicyclic) bond motifs is 1. The Morgan fingerprint density at radius 3 is 2.70 bits per heavy atom. The van der Waals surface area contributed by atoms with Crippen LogP contribution in [0.2, 0.25) is 0 Å². The van der Waals surface area contributed by atoms with Gasteiger partial charge in [-0.2, -0.15) is 4.98 Å². The fraction of sp³-hybridized carbons (Fsp3) is 0.529. The predicted molar refractivity (Wildman–Crippen MR) is 88.6 cm³/mol. The minimum atomic E-state index is -0.474. The zero-order valence-electron chi connectivity index (χ0n) is 14.1. The second kappa shape index (κ2) is 5.76. The third-order valence-electron chi connectivity index (χ3n) is 3.81. The molecule has 1 aromatic carbocycles. The fourth-order valence-corrected chi connectivity index (χ4v) is 2.72. The monoisotopic (exact) mass is 317 g/mol. The highest BCUT2D eigenvalue weighted by Gasteiger charge is 2.31. The lowest BCUT2D eigenvalue weighted by Gasteiger charge is -2.39. The second-order valence-corrected chi connectivity index (χ2v) is 6.93. The quantitative estimate of drug-likeness (QED) is 0.808. The van der Waals surface area contributed by atoms with Gasteiger partial charge in [-0.3, -0.25) is 0 Å². The van der Waals surface area contributed by atoms with Gasteiger partial charge >= 0.3 is 6.09 Å². The molecule has 1 saturated heterocycles. The van der Waals surface area contributed by atoms with E-state index in [0.717, 1.165) is 11.1 Å². The highest BCUT2D eigenvalue weighted by molar-refractivity contribution is 5.74. The lowest BCUT2D eigenvalue weighted by molar-refractivity contribution is 0.0216. The van der Waals surface area contributed by atoms with E-state index in [1.807, 2.05) is 45.0 Å². The first kappa shape index (κ1) is 15.6. The van der Waals surface area contributed by atoms with Gasteiger partial charge in [-0.15, -0.1) is 0 Å². The Morgan fingerprint density at radius 1 is 1.30 bits per heavy atom. The number of benzene rings is 1. The van der Waals surface area contributed by atoms with Crippen LogP contribution in [0.5, 0.6) is 0 Å². The zero-order valence-corrected chi connectivity index (χ0v) is 14.1. The molecular weight excluding hydrogens is 294 g/mol. The van der Waals surface area contributed by atoms with Crippen molar-refractivity contribution in [2.45, 2.75) is 39.3 Å². The number of carbonyl (C=O) groups excluding carboxylic acids is 1. The number of anilines is 1. The minimum absolute atomic E-state index is 0.115. The van der Waals surface area contributed by atoms with Crippen LogP contribution < -0.4 is 4.90 Å². The standard InChI is InChI=1S/C17H23N3O3/c1-12-11-19(16(21)23-17(2,3)4)9-10-20(12)15-18-13-7-5-6-8-14(13)22-15/h5-8,12H,9-11H2,1-4H3. The van der Waals surface area contributed by atoms with Gasteiger partial charge in [0.1, 0.15) is 11.1 Å². The average Bonchev–Trinajstić information content (AvgIpc) is 2.88. The van der Waals surface area contributed by atoms with Gasteiger partial charge in [0.15, 0.2) is 5.58 Å². The maximum Gasteiger partial charge on any atom is 0.410 e. The van der Waals surface area contributed by atoms with E-state index < -0.39 is 5.60 Å². The summed E-state index contributed by atoms with van der Waals surface area (Å²) in [6.07, 6.45) is -0.262. The average molecular weight is 317 g/mol. The molecule has 6 heteroatoms. The summed E-state index contributed by atoms with van der Waals surface area (Å²) in [6.45, 7) is 9.55. The van der Waals surface area contributed by atoms with Gasteiger partial charge < -0.3 is 19.0 Å². The molecule has 124 valence electrons. The molecule has 2 heterocycles. The SMILES string of the molecule is CC1CN(C(=O)OC(C)(C)C)CCN1c1nc2ccccc2o1. The summed E-state index contributed by atoms with van der Waals surface area (Å²) in [6, 6.07) is 8.45. The number of piperazine rings is 1. The summed E-state index contributed by atoms with van der Waals surface area (Å²) in [5.41, 5.74) is 1.16. The van der Waals surface area contributed by atoms with Crippen molar-refractivity contribution < 1.29 is 13.9 Å². The molecule has 23 heavy (non-hydrogen) atoms. The van der Waals surface area contributed by atoms with Crippen LogP contribution in [0, 0.1) is 0 Å². The van der Waals surface area contributed by atoms with Crippen molar-refractivity contribution in [2.75, 3.05) is 24.5 Å². The summed E-state index contributed by atoms with van der Waals surface area (Å²) < 4.78 is 11.3. The summed E-state index contributed by atoms with van der Waals surface area (Å²) in [7, 11) is 0. The van der Waals surface area contributed by atoms with E-state index in [4.69, 9.17) is 9.15 Å². The Bertz CT molecular complexity index is 671. The molecule has 1 aliphatic heterocycles. The lowest BCUT2D eigenvalue weighted by Crippen LogP contribution is -2.54. The van der Waals surface area contributed by atoms with Gasteiger partial charge in [0, 0.05) is 25.7 Å². The Kier molecular flexibility index (Phi) is 3.92. The fourth-order valence-electron chi connectivity index (χ4n) is 2.72. The molecule has 0 radical (unpaired) electrons. The number of amides is 1. The van der Waals surface area contributed by atoms with E-state index >= 15 is 0 Å². The van der Waals surface area contributed by atoms with Crippen molar-refractivity contribution >= 4 is 23.2 Å². The maximum absolute atomic E-state index is 12.2. The summed E-state index contributed by atoms with van der Waals surface area (Å²) in [4.78, 5) is 20.6. The Labute approximate surface area is 136 Å².